The molecular weight excluding hydrogens is 245 g/mol. The third-order valence-corrected chi connectivity index (χ3v) is 3.04. The standard InChI is InChI=1S/C15H22FNO2/c1-12(2)17(8-9-19-3)11-14(18)10-13-6-4-5-7-15(13)16/h4-7,12H,8-11H2,1-3H3. The molecule has 4 heteroatoms. The lowest BCUT2D eigenvalue weighted by Crippen LogP contribution is -2.38. The van der Waals surface area contributed by atoms with Gasteiger partial charge in [-0.3, -0.25) is 9.69 Å². The van der Waals surface area contributed by atoms with E-state index in [2.05, 4.69) is 0 Å². The predicted molar refractivity (Wildman–Crippen MR) is 73.7 cm³/mol. The van der Waals surface area contributed by atoms with E-state index >= 15 is 0 Å². The van der Waals surface area contributed by atoms with Crippen LogP contribution in [-0.2, 0) is 16.0 Å². The highest BCUT2D eigenvalue weighted by molar-refractivity contribution is 5.82. The summed E-state index contributed by atoms with van der Waals surface area (Å²) in [5, 5.41) is 0. The van der Waals surface area contributed by atoms with E-state index in [4.69, 9.17) is 4.74 Å². The number of Topliss-reactive ketones (excluding diaryl/α,β-unsaturated/α-hetero) is 1. The third kappa shape index (κ3) is 5.49. The van der Waals surface area contributed by atoms with E-state index in [1.807, 2.05) is 18.7 Å². The minimum absolute atomic E-state index is 0.0231. The van der Waals surface area contributed by atoms with Gasteiger partial charge in [0.25, 0.3) is 0 Å². The Bertz CT molecular complexity index is 407. The molecule has 1 aromatic rings. The van der Waals surface area contributed by atoms with Gasteiger partial charge < -0.3 is 4.74 Å². The van der Waals surface area contributed by atoms with Crippen LogP contribution in [0.25, 0.3) is 0 Å². The van der Waals surface area contributed by atoms with E-state index in [1.165, 1.54) is 6.07 Å². The molecule has 0 unspecified atom stereocenters. The number of rotatable bonds is 8. The van der Waals surface area contributed by atoms with Crippen LogP contribution < -0.4 is 0 Å². The number of hydrogen-bond donors (Lipinski definition) is 0. The maximum absolute atomic E-state index is 13.5. The molecule has 1 aromatic carbocycles. The lowest BCUT2D eigenvalue weighted by molar-refractivity contribution is -0.120. The molecule has 0 spiro atoms. The van der Waals surface area contributed by atoms with Crippen LogP contribution in [0, 0.1) is 5.82 Å². The number of nitrogens with zero attached hydrogens (tertiary/aromatic N) is 1. The molecule has 0 fully saturated rings. The smallest absolute Gasteiger partial charge is 0.151 e. The molecule has 19 heavy (non-hydrogen) atoms. The minimum atomic E-state index is -0.316. The van der Waals surface area contributed by atoms with Crippen LogP contribution in [0.3, 0.4) is 0 Å². The molecule has 0 heterocycles. The summed E-state index contributed by atoms with van der Waals surface area (Å²) in [5.41, 5.74) is 0.461. The number of halogens is 1. The van der Waals surface area contributed by atoms with E-state index < -0.39 is 0 Å². The van der Waals surface area contributed by atoms with E-state index in [0.717, 1.165) is 0 Å². The van der Waals surface area contributed by atoms with Crippen LogP contribution in [0.5, 0.6) is 0 Å². The summed E-state index contributed by atoms with van der Waals surface area (Å²) in [7, 11) is 1.64. The van der Waals surface area contributed by atoms with Crippen LogP contribution in [0.1, 0.15) is 19.4 Å². The van der Waals surface area contributed by atoms with Crippen LogP contribution in [0.4, 0.5) is 4.39 Å². The van der Waals surface area contributed by atoms with Gasteiger partial charge >= 0.3 is 0 Å². The highest BCUT2D eigenvalue weighted by Crippen LogP contribution is 2.08. The molecule has 0 aliphatic heterocycles. The topological polar surface area (TPSA) is 29.5 Å². The highest BCUT2D eigenvalue weighted by atomic mass is 19.1. The normalized spacial score (nSPS) is 11.3. The van der Waals surface area contributed by atoms with Gasteiger partial charge in [0.2, 0.25) is 0 Å². The lowest BCUT2D eigenvalue weighted by Gasteiger charge is -2.25. The van der Waals surface area contributed by atoms with Gasteiger partial charge in [0, 0.05) is 26.1 Å². The second-order valence-electron chi connectivity index (χ2n) is 4.86. The Labute approximate surface area is 114 Å². The van der Waals surface area contributed by atoms with Gasteiger partial charge in [0.05, 0.1) is 13.2 Å². The average molecular weight is 267 g/mol. The van der Waals surface area contributed by atoms with Crippen LogP contribution in [-0.4, -0.2) is 43.5 Å². The molecule has 0 amide bonds. The summed E-state index contributed by atoms with van der Waals surface area (Å²) in [6, 6.07) is 6.68. The first-order valence-electron chi connectivity index (χ1n) is 6.52. The molecule has 3 nitrogen and oxygen atoms in total. The fraction of sp³-hybridized carbons (Fsp3) is 0.533. The van der Waals surface area contributed by atoms with Crippen molar-refractivity contribution in [2.45, 2.75) is 26.3 Å². The molecule has 0 saturated carbocycles. The SMILES string of the molecule is COCCN(CC(=O)Cc1ccccc1F)C(C)C. The van der Waals surface area contributed by atoms with Crippen molar-refractivity contribution in [3.63, 3.8) is 0 Å². The Hall–Kier alpha value is -1.26. The quantitative estimate of drug-likeness (QED) is 0.724. The fourth-order valence-electron chi connectivity index (χ4n) is 1.86. The molecular formula is C15H22FNO2. The predicted octanol–water partition coefficient (Wildman–Crippen LogP) is 2.29. The first-order valence-corrected chi connectivity index (χ1v) is 6.52. The number of methoxy groups -OCH3 is 1. The van der Waals surface area contributed by atoms with E-state index in [1.54, 1.807) is 25.3 Å². The molecule has 106 valence electrons. The van der Waals surface area contributed by atoms with Gasteiger partial charge in [-0.2, -0.15) is 0 Å². The molecule has 0 aliphatic carbocycles. The molecule has 0 saturated heterocycles. The maximum atomic E-state index is 13.5. The van der Waals surface area contributed by atoms with Gasteiger partial charge in [0.1, 0.15) is 5.82 Å². The van der Waals surface area contributed by atoms with Crippen molar-refractivity contribution >= 4 is 5.78 Å². The summed E-state index contributed by atoms with van der Waals surface area (Å²) >= 11 is 0. The summed E-state index contributed by atoms with van der Waals surface area (Å²) in [5.74, 6) is -0.293. The molecule has 0 N–H and O–H groups in total. The monoisotopic (exact) mass is 267 g/mol. The van der Waals surface area contributed by atoms with Gasteiger partial charge in [-0.15, -0.1) is 0 Å². The zero-order valence-electron chi connectivity index (χ0n) is 11.9. The van der Waals surface area contributed by atoms with Crippen molar-refractivity contribution in [1.82, 2.24) is 4.90 Å². The first-order chi connectivity index (χ1) is 9.04. The zero-order chi connectivity index (χ0) is 14.3. The van der Waals surface area contributed by atoms with Crippen molar-refractivity contribution in [1.29, 1.82) is 0 Å². The van der Waals surface area contributed by atoms with Crippen molar-refractivity contribution in [3.05, 3.63) is 35.6 Å². The molecule has 0 bridgehead atoms. The third-order valence-electron chi connectivity index (χ3n) is 3.04. The second-order valence-corrected chi connectivity index (χ2v) is 4.86. The van der Waals surface area contributed by atoms with Crippen molar-refractivity contribution in [2.75, 3.05) is 26.8 Å². The first kappa shape index (κ1) is 15.8. The number of hydrogen-bond acceptors (Lipinski definition) is 3. The average Bonchev–Trinajstić information content (AvgIpc) is 2.37. The highest BCUT2D eigenvalue weighted by Gasteiger charge is 2.15. The summed E-state index contributed by atoms with van der Waals surface area (Å²) in [6.07, 6.45) is 0.142. The molecule has 0 aromatic heterocycles. The Morgan fingerprint density at radius 2 is 2.05 bits per heavy atom. The second kappa shape index (κ2) is 8.02. The van der Waals surface area contributed by atoms with Crippen LogP contribution in [0.2, 0.25) is 0 Å². The Morgan fingerprint density at radius 3 is 2.63 bits per heavy atom. The van der Waals surface area contributed by atoms with Gasteiger partial charge in [-0.1, -0.05) is 18.2 Å². The van der Waals surface area contributed by atoms with Crippen LogP contribution >= 0.6 is 0 Å². The minimum Gasteiger partial charge on any atom is -0.383 e. The number of carbonyl (C=O) groups is 1. The number of ketones is 1. The van der Waals surface area contributed by atoms with Crippen LogP contribution in [0.15, 0.2) is 24.3 Å². The summed E-state index contributed by atoms with van der Waals surface area (Å²) in [6.45, 7) is 5.69. The summed E-state index contributed by atoms with van der Waals surface area (Å²) < 4.78 is 18.5. The van der Waals surface area contributed by atoms with E-state index in [9.17, 15) is 9.18 Å². The Kier molecular flexibility index (Phi) is 6.67. The number of ether oxygens (including phenoxy) is 1. The van der Waals surface area contributed by atoms with Gasteiger partial charge in [0.15, 0.2) is 5.78 Å². The number of benzene rings is 1. The molecule has 0 aliphatic rings. The maximum Gasteiger partial charge on any atom is 0.151 e. The lowest BCUT2D eigenvalue weighted by atomic mass is 10.1. The van der Waals surface area contributed by atoms with Crippen molar-refractivity contribution in [3.8, 4) is 0 Å². The largest absolute Gasteiger partial charge is 0.383 e. The molecule has 1 rings (SSSR count). The van der Waals surface area contributed by atoms with E-state index in [-0.39, 0.29) is 24.1 Å². The van der Waals surface area contributed by atoms with Gasteiger partial charge in [-0.25, -0.2) is 4.39 Å². The van der Waals surface area contributed by atoms with Crippen molar-refractivity contribution in [2.24, 2.45) is 0 Å². The van der Waals surface area contributed by atoms with E-state index in [0.29, 0.717) is 25.3 Å². The Morgan fingerprint density at radius 1 is 1.37 bits per heavy atom. The van der Waals surface area contributed by atoms with Gasteiger partial charge in [-0.05, 0) is 25.5 Å². The molecule has 0 radical (unpaired) electrons. The number of carbonyl (C=O) groups excluding carboxylic acids is 1. The Balaban J connectivity index is 2.55. The molecule has 0 atom stereocenters. The zero-order valence-corrected chi connectivity index (χ0v) is 11.9. The fourth-order valence-corrected chi connectivity index (χ4v) is 1.86. The van der Waals surface area contributed by atoms with Crippen molar-refractivity contribution < 1.29 is 13.9 Å². The summed E-state index contributed by atoms with van der Waals surface area (Å²) in [4.78, 5) is 14.0.